The van der Waals surface area contributed by atoms with Gasteiger partial charge >= 0.3 is 0 Å². The molecule has 5 rings (SSSR count). The van der Waals surface area contributed by atoms with E-state index >= 15 is 0 Å². The van der Waals surface area contributed by atoms with Crippen LogP contribution in [0.3, 0.4) is 0 Å². The number of aromatic nitrogens is 1. The number of aryl methyl sites for hydroxylation is 2. The van der Waals surface area contributed by atoms with E-state index in [1.165, 1.54) is 5.56 Å². The second-order valence-electron chi connectivity index (χ2n) is 7.82. The van der Waals surface area contributed by atoms with Gasteiger partial charge in [-0.15, -0.1) is 0 Å². The Labute approximate surface area is 169 Å². The van der Waals surface area contributed by atoms with Gasteiger partial charge in [0.05, 0.1) is 0 Å². The molecule has 29 heavy (non-hydrogen) atoms. The Kier molecular flexibility index (Phi) is 4.27. The Morgan fingerprint density at radius 1 is 0.966 bits per heavy atom. The van der Waals surface area contributed by atoms with Crippen LogP contribution in [0.2, 0.25) is 0 Å². The summed E-state index contributed by atoms with van der Waals surface area (Å²) >= 11 is 0. The number of nitrogens with one attached hydrogen (secondary N) is 1. The van der Waals surface area contributed by atoms with Gasteiger partial charge in [0.25, 0.3) is 5.91 Å². The Morgan fingerprint density at radius 3 is 2.55 bits per heavy atom. The van der Waals surface area contributed by atoms with Crippen LogP contribution < -0.4 is 10.2 Å². The zero-order valence-electron chi connectivity index (χ0n) is 16.5. The number of para-hydroxylation sites is 1. The van der Waals surface area contributed by atoms with E-state index < -0.39 is 0 Å². The minimum absolute atomic E-state index is 0.0834. The zero-order valence-corrected chi connectivity index (χ0v) is 16.5. The zero-order chi connectivity index (χ0) is 20.0. The summed E-state index contributed by atoms with van der Waals surface area (Å²) in [5.41, 5.74) is 5.02. The molecule has 3 heterocycles. The first-order valence-corrected chi connectivity index (χ1v) is 10.1. The summed E-state index contributed by atoms with van der Waals surface area (Å²) in [5, 5.41) is 4.06. The highest BCUT2D eigenvalue weighted by Crippen LogP contribution is 2.29. The lowest BCUT2D eigenvalue weighted by molar-refractivity contribution is -0.116. The van der Waals surface area contributed by atoms with E-state index in [-0.39, 0.29) is 11.8 Å². The summed E-state index contributed by atoms with van der Waals surface area (Å²) in [4.78, 5) is 29.0. The lowest BCUT2D eigenvalue weighted by atomic mass is 10.0. The molecular formula is C23H24N4O2. The predicted molar refractivity (Wildman–Crippen MR) is 114 cm³/mol. The molecule has 1 aromatic heterocycles. The maximum atomic E-state index is 13.1. The van der Waals surface area contributed by atoms with Gasteiger partial charge in [-0.25, -0.2) is 0 Å². The molecule has 0 bridgehead atoms. The summed E-state index contributed by atoms with van der Waals surface area (Å²) in [6.07, 6.45) is 1.36. The average Bonchev–Trinajstić information content (AvgIpc) is 3.09. The van der Waals surface area contributed by atoms with Gasteiger partial charge < -0.3 is 19.7 Å². The van der Waals surface area contributed by atoms with Gasteiger partial charge in [-0.1, -0.05) is 24.3 Å². The number of anilines is 2. The van der Waals surface area contributed by atoms with Crippen molar-refractivity contribution in [2.45, 2.75) is 12.8 Å². The number of hydrogen-bond donors (Lipinski definition) is 1. The number of carbonyl (C=O) groups is 2. The van der Waals surface area contributed by atoms with Gasteiger partial charge in [0.1, 0.15) is 5.69 Å². The molecule has 0 aliphatic carbocycles. The van der Waals surface area contributed by atoms with Crippen LogP contribution in [0.4, 0.5) is 11.4 Å². The number of hydrogen-bond acceptors (Lipinski definition) is 3. The van der Waals surface area contributed by atoms with E-state index in [1.807, 2.05) is 46.8 Å². The maximum absolute atomic E-state index is 13.1. The number of nitrogens with zero attached hydrogens (tertiary/aromatic N) is 3. The highest BCUT2D eigenvalue weighted by Gasteiger charge is 2.25. The van der Waals surface area contributed by atoms with Gasteiger partial charge in [-0.05, 0) is 36.2 Å². The maximum Gasteiger partial charge on any atom is 0.270 e. The first kappa shape index (κ1) is 17.8. The third-order valence-corrected chi connectivity index (χ3v) is 6.09. The third kappa shape index (κ3) is 3.14. The molecular weight excluding hydrogens is 364 g/mol. The largest absolute Gasteiger partial charge is 0.368 e. The van der Waals surface area contributed by atoms with Crippen molar-refractivity contribution in [2.75, 3.05) is 36.4 Å². The summed E-state index contributed by atoms with van der Waals surface area (Å²) in [6, 6.07) is 16.4. The fraction of sp³-hybridized carbons (Fsp3) is 0.304. The SMILES string of the molecule is Cn1c(C(=O)N2CCN(c3ccc4c(c3)NC(=O)CC4)CC2)cc2ccccc21. The average molecular weight is 388 g/mol. The molecule has 6 nitrogen and oxygen atoms in total. The van der Waals surface area contributed by atoms with Gasteiger partial charge in [0.15, 0.2) is 0 Å². The molecule has 0 saturated carbocycles. The van der Waals surface area contributed by atoms with Gasteiger partial charge in [-0.3, -0.25) is 9.59 Å². The van der Waals surface area contributed by atoms with Gasteiger partial charge in [-0.2, -0.15) is 0 Å². The molecule has 1 fully saturated rings. The predicted octanol–water partition coefficient (Wildman–Crippen LogP) is 3.03. The van der Waals surface area contributed by atoms with Crippen LogP contribution in [-0.2, 0) is 18.3 Å². The number of benzene rings is 2. The Balaban J connectivity index is 1.30. The van der Waals surface area contributed by atoms with Crippen LogP contribution in [0.5, 0.6) is 0 Å². The minimum atomic E-state index is 0.0834. The van der Waals surface area contributed by atoms with Crippen molar-refractivity contribution in [1.29, 1.82) is 0 Å². The van der Waals surface area contributed by atoms with E-state index in [0.717, 1.165) is 47.5 Å². The molecule has 0 atom stereocenters. The van der Waals surface area contributed by atoms with E-state index in [1.54, 1.807) is 0 Å². The standard InChI is InChI=1S/C23H24N4O2/c1-25-20-5-3-2-4-17(20)14-21(25)23(29)27-12-10-26(11-13-27)18-8-6-16-7-9-22(28)24-19(16)15-18/h2-6,8,14-15H,7,9-13H2,1H3,(H,24,28). The van der Waals surface area contributed by atoms with Crippen molar-refractivity contribution in [1.82, 2.24) is 9.47 Å². The van der Waals surface area contributed by atoms with Crippen LogP contribution in [0, 0.1) is 0 Å². The summed E-state index contributed by atoms with van der Waals surface area (Å²) in [7, 11) is 1.95. The van der Waals surface area contributed by atoms with E-state index in [0.29, 0.717) is 19.5 Å². The van der Waals surface area contributed by atoms with Crippen LogP contribution in [0.25, 0.3) is 10.9 Å². The number of piperazine rings is 1. The van der Waals surface area contributed by atoms with Crippen molar-refractivity contribution >= 4 is 34.1 Å². The third-order valence-electron chi connectivity index (χ3n) is 6.09. The molecule has 2 aliphatic heterocycles. The molecule has 0 spiro atoms. The van der Waals surface area contributed by atoms with E-state index in [9.17, 15) is 9.59 Å². The number of carbonyl (C=O) groups excluding carboxylic acids is 2. The van der Waals surface area contributed by atoms with Crippen LogP contribution in [0.15, 0.2) is 48.5 Å². The summed E-state index contributed by atoms with van der Waals surface area (Å²) in [6.45, 7) is 2.93. The van der Waals surface area contributed by atoms with Crippen molar-refractivity contribution < 1.29 is 9.59 Å². The van der Waals surface area contributed by atoms with Crippen molar-refractivity contribution in [2.24, 2.45) is 7.05 Å². The molecule has 0 unspecified atom stereocenters. The molecule has 6 heteroatoms. The van der Waals surface area contributed by atoms with Crippen LogP contribution in [-0.4, -0.2) is 47.5 Å². The first-order valence-electron chi connectivity index (χ1n) is 10.1. The monoisotopic (exact) mass is 388 g/mol. The second kappa shape index (κ2) is 6.95. The number of rotatable bonds is 2. The normalized spacial score (nSPS) is 16.7. The van der Waals surface area contributed by atoms with E-state index in [2.05, 4.69) is 28.4 Å². The van der Waals surface area contributed by atoms with Crippen LogP contribution in [0.1, 0.15) is 22.5 Å². The molecule has 2 aromatic carbocycles. The Bertz CT molecular complexity index is 1110. The summed E-state index contributed by atoms with van der Waals surface area (Å²) < 4.78 is 1.98. The molecule has 1 saturated heterocycles. The van der Waals surface area contributed by atoms with Crippen LogP contribution >= 0.6 is 0 Å². The molecule has 0 radical (unpaired) electrons. The van der Waals surface area contributed by atoms with Crippen molar-refractivity contribution in [3.8, 4) is 0 Å². The van der Waals surface area contributed by atoms with Crippen molar-refractivity contribution in [3.63, 3.8) is 0 Å². The van der Waals surface area contributed by atoms with E-state index in [4.69, 9.17) is 0 Å². The first-order chi connectivity index (χ1) is 14.1. The Morgan fingerprint density at radius 2 is 1.76 bits per heavy atom. The fourth-order valence-corrected chi connectivity index (χ4v) is 4.38. The van der Waals surface area contributed by atoms with Gasteiger partial charge in [0, 0.05) is 61.9 Å². The van der Waals surface area contributed by atoms with Gasteiger partial charge in [0.2, 0.25) is 5.91 Å². The molecule has 2 amide bonds. The summed E-state index contributed by atoms with van der Waals surface area (Å²) in [5.74, 6) is 0.168. The highest BCUT2D eigenvalue weighted by molar-refractivity contribution is 5.99. The molecule has 2 aliphatic rings. The number of amides is 2. The smallest absolute Gasteiger partial charge is 0.270 e. The molecule has 1 N–H and O–H groups in total. The molecule has 148 valence electrons. The molecule has 3 aromatic rings. The number of fused-ring (bicyclic) bond motifs is 2. The quantitative estimate of drug-likeness (QED) is 0.734. The van der Waals surface area contributed by atoms with Crippen molar-refractivity contribution in [3.05, 3.63) is 59.8 Å². The fourth-order valence-electron chi connectivity index (χ4n) is 4.38. The second-order valence-corrected chi connectivity index (χ2v) is 7.82. The lowest BCUT2D eigenvalue weighted by Crippen LogP contribution is -2.49. The Hall–Kier alpha value is -3.28. The highest BCUT2D eigenvalue weighted by atomic mass is 16.2. The topological polar surface area (TPSA) is 57.6 Å². The lowest BCUT2D eigenvalue weighted by Gasteiger charge is -2.36. The minimum Gasteiger partial charge on any atom is -0.368 e.